The van der Waals surface area contributed by atoms with E-state index in [0.717, 1.165) is 5.56 Å². The highest BCUT2D eigenvalue weighted by Gasteiger charge is 2.14. The van der Waals surface area contributed by atoms with Gasteiger partial charge in [-0.25, -0.2) is 0 Å². The normalized spacial score (nSPS) is 12.2. The van der Waals surface area contributed by atoms with Crippen LogP contribution in [0.3, 0.4) is 0 Å². The van der Waals surface area contributed by atoms with Crippen molar-refractivity contribution in [1.29, 1.82) is 0 Å². The summed E-state index contributed by atoms with van der Waals surface area (Å²) in [6, 6.07) is 7.30. The lowest BCUT2D eigenvalue weighted by molar-refractivity contribution is -0.126. The van der Waals surface area contributed by atoms with Crippen molar-refractivity contribution < 1.29 is 9.90 Å². The molecule has 1 amide bonds. The Morgan fingerprint density at radius 2 is 2.06 bits per heavy atom. The number of nitrogens with one attached hydrogen (secondary N) is 1. The van der Waals surface area contributed by atoms with Gasteiger partial charge in [-0.2, -0.15) is 0 Å². The minimum absolute atomic E-state index is 0.108. The number of carbonyl (C=O) groups excluding carboxylic acids is 1. The Balaban J connectivity index is 2.45. The summed E-state index contributed by atoms with van der Waals surface area (Å²) < 4.78 is 0. The smallest absolute Gasteiger partial charge is 0.225 e. The van der Waals surface area contributed by atoms with Crippen LogP contribution in [0.2, 0.25) is 5.02 Å². The van der Waals surface area contributed by atoms with Crippen molar-refractivity contribution in [3.8, 4) is 0 Å². The van der Waals surface area contributed by atoms with Gasteiger partial charge in [-0.1, -0.05) is 30.7 Å². The zero-order valence-corrected chi connectivity index (χ0v) is 10.00. The van der Waals surface area contributed by atoms with Gasteiger partial charge in [0.25, 0.3) is 0 Å². The van der Waals surface area contributed by atoms with Crippen molar-refractivity contribution in [3.05, 3.63) is 34.9 Å². The second-order valence-corrected chi connectivity index (χ2v) is 4.07. The van der Waals surface area contributed by atoms with Crippen LogP contribution in [0.15, 0.2) is 24.3 Å². The molecule has 0 aliphatic heterocycles. The molecule has 0 fully saturated rings. The molecule has 0 saturated heterocycles. The summed E-state index contributed by atoms with van der Waals surface area (Å²) in [6.45, 7) is 2.23. The van der Waals surface area contributed by atoms with E-state index < -0.39 is 0 Å². The minimum atomic E-state index is -0.313. The topological polar surface area (TPSA) is 49.3 Å². The molecule has 1 aromatic rings. The Morgan fingerprint density at radius 3 is 2.56 bits per heavy atom. The second-order valence-electron chi connectivity index (χ2n) is 3.63. The number of benzene rings is 1. The van der Waals surface area contributed by atoms with Gasteiger partial charge in [-0.15, -0.1) is 0 Å². The van der Waals surface area contributed by atoms with E-state index in [4.69, 9.17) is 16.7 Å². The van der Waals surface area contributed by atoms with Gasteiger partial charge in [-0.05, 0) is 24.1 Å². The average Bonchev–Trinajstić information content (AvgIpc) is 2.30. The monoisotopic (exact) mass is 241 g/mol. The van der Waals surface area contributed by atoms with Gasteiger partial charge >= 0.3 is 0 Å². The van der Waals surface area contributed by atoms with Gasteiger partial charge in [0, 0.05) is 11.6 Å². The number of amides is 1. The maximum absolute atomic E-state index is 11.5. The molecule has 0 aromatic heterocycles. The van der Waals surface area contributed by atoms with Gasteiger partial charge < -0.3 is 10.4 Å². The fourth-order valence-electron chi connectivity index (χ4n) is 1.33. The second kappa shape index (κ2) is 6.51. The Hall–Kier alpha value is -1.06. The molecular formula is C12H16ClNO2. The number of hydrogen-bond acceptors (Lipinski definition) is 2. The number of halogens is 1. The molecule has 88 valence electrons. The molecule has 0 aliphatic rings. The van der Waals surface area contributed by atoms with Crippen LogP contribution in [0, 0.1) is 5.92 Å². The largest absolute Gasteiger partial charge is 0.396 e. The molecule has 1 aromatic carbocycles. The third-order valence-electron chi connectivity index (χ3n) is 2.46. The number of hydrogen-bond donors (Lipinski definition) is 2. The third kappa shape index (κ3) is 3.83. The zero-order chi connectivity index (χ0) is 12.0. The molecule has 0 spiro atoms. The molecule has 2 N–H and O–H groups in total. The van der Waals surface area contributed by atoms with Gasteiger partial charge in [0.15, 0.2) is 0 Å². The van der Waals surface area contributed by atoms with E-state index in [1.807, 2.05) is 19.1 Å². The summed E-state index contributed by atoms with van der Waals surface area (Å²) in [5.41, 5.74) is 0.991. The Morgan fingerprint density at radius 1 is 1.44 bits per heavy atom. The van der Waals surface area contributed by atoms with E-state index >= 15 is 0 Å². The molecule has 0 heterocycles. The van der Waals surface area contributed by atoms with Crippen LogP contribution in [-0.4, -0.2) is 17.6 Å². The molecule has 0 bridgehead atoms. The molecule has 16 heavy (non-hydrogen) atoms. The fraction of sp³-hybridized carbons (Fsp3) is 0.417. The fourth-order valence-corrected chi connectivity index (χ4v) is 1.46. The molecule has 1 unspecified atom stereocenters. The third-order valence-corrected chi connectivity index (χ3v) is 2.72. The van der Waals surface area contributed by atoms with Crippen molar-refractivity contribution in [2.75, 3.05) is 6.61 Å². The van der Waals surface area contributed by atoms with Crippen LogP contribution < -0.4 is 5.32 Å². The van der Waals surface area contributed by atoms with Crippen LogP contribution in [-0.2, 0) is 11.3 Å². The van der Waals surface area contributed by atoms with Crippen molar-refractivity contribution in [1.82, 2.24) is 5.32 Å². The van der Waals surface area contributed by atoms with Gasteiger partial charge in [0.05, 0.1) is 12.5 Å². The summed E-state index contributed by atoms with van der Waals surface area (Å²) >= 11 is 5.75. The molecule has 0 saturated carbocycles. The molecule has 1 rings (SSSR count). The summed E-state index contributed by atoms with van der Waals surface area (Å²) in [5, 5.41) is 12.4. The van der Waals surface area contributed by atoms with Crippen molar-refractivity contribution in [2.45, 2.75) is 19.9 Å². The van der Waals surface area contributed by atoms with Crippen molar-refractivity contribution in [3.63, 3.8) is 0 Å². The number of rotatable bonds is 5. The van der Waals surface area contributed by atoms with E-state index in [2.05, 4.69) is 5.32 Å². The zero-order valence-electron chi connectivity index (χ0n) is 9.24. The van der Waals surface area contributed by atoms with Crippen LogP contribution in [0.5, 0.6) is 0 Å². The summed E-state index contributed by atoms with van der Waals surface area (Å²) in [6.07, 6.45) is 0.642. The summed E-state index contributed by atoms with van der Waals surface area (Å²) in [7, 11) is 0. The van der Waals surface area contributed by atoms with E-state index in [1.165, 1.54) is 0 Å². The standard InChI is InChI=1S/C12H16ClNO2/c1-2-10(8-15)12(16)14-7-9-3-5-11(13)6-4-9/h3-6,10,15H,2,7-8H2,1H3,(H,14,16). The van der Waals surface area contributed by atoms with Gasteiger partial charge in [0.2, 0.25) is 5.91 Å². The molecule has 0 radical (unpaired) electrons. The first-order valence-corrected chi connectivity index (χ1v) is 5.68. The lowest BCUT2D eigenvalue weighted by Crippen LogP contribution is -2.31. The first-order valence-electron chi connectivity index (χ1n) is 5.30. The number of aliphatic hydroxyl groups excluding tert-OH is 1. The van der Waals surface area contributed by atoms with Crippen LogP contribution in [0.1, 0.15) is 18.9 Å². The van der Waals surface area contributed by atoms with Gasteiger partial charge in [-0.3, -0.25) is 4.79 Å². The highest BCUT2D eigenvalue weighted by molar-refractivity contribution is 6.30. The van der Waals surface area contributed by atoms with Gasteiger partial charge in [0.1, 0.15) is 0 Å². The lowest BCUT2D eigenvalue weighted by Gasteiger charge is -2.12. The highest BCUT2D eigenvalue weighted by Crippen LogP contribution is 2.09. The predicted molar refractivity (Wildman–Crippen MR) is 64.2 cm³/mol. The Kier molecular flexibility index (Phi) is 5.29. The lowest BCUT2D eigenvalue weighted by atomic mass is 10.1. The van der Waals surface area contributed by atoms with E-state index in [-0.39, 0.29) is 18.4 Å². The van der Waals surface area contributed by atoms with E-state index in [9.17, 15) is 4.79 Å². The summed E-state index contributed by atoms with van der Waals surface area (Å²) in [4.78, 5) is 11.5. The van der Waals surface area contributed by atoms with Crippen molar-refractivity contribution in [2.24, 2.45) is 5.92 Å². The predicted octanol–water partition coefficient (Wildman–Crippen LogP) is 1.97. The number of aliphatic hydroxyl groups is 1. The highest BCUT2D eigenvalue weighted by atomic mass is 35.5. The van der Waals surface area contributed by atoms with Crippen LogP contribution in [0.25, 0.3) is 0 Å². The van der Waals surface area contributed by atoms with E-state index in [0.29, 0.717) is 18.0 Å². The molecule has 0 aliphatic carbocycles. The SMILES string of the molecule is CCC(CO)C(=O)NCc1ccc(Cl)cc1. The molecular weight excluding hydrogens is 226 g/mol. The average molecular weight is 242 g/mol. The van der Waals surface area contributed by atoms with E-state index in [1.54, 1.807) is 12.1 Å². The number of carbonyl (C=O) groups is 1. The Labute approximate surface area is 100 Å². The molecule has 1 atom stereocenters. The minimum Gasteiger partial charge on any atom is -0.396 e. The van der Waals surface area contributed by atoms with Crippen LogP contribution in [0.4, 0.5) is 0 Å². The quantitative estimate of drug-likeness (QED) is 0.828. The Bertz CT molecular complexity index is 333. The maximum Gasteiger partial charge on any atom is 0.225 e. The molecule has 4 heteroatoms. The van der Waals surface area contributed by atoms with Crippen LogP contribution >= 0.6 is 11.6 Å². The molecule has 3 nitrogen and oxygen atoms in total. The van der Waals surface area contributed by atoms with Crippen molar-refractivity contribution >= 4 is 17.5 Å². The first-order chi connectivity index (χ1) is 7.67. The summed E-state index contributed by atoms with van der Waals surface area (Å²) in [5.74, 6) is -0.424. The first kappa shape index (κ1) is 13.0. The maximum atomic E-state index is 11.5.